The van der Waals surface area contributed by atoms with Crippen LogP contribution in [-0.4, -0.2) is 48.6 Å². The number of rotatable bonds is 15. The first-order valence-electron chi connectivity index (χ1n) is 14.1. The summed E-state index contributed by atoms with van der Waals surface area (Å²) in [7, 11) is 0. The highest BCUT2D eigenvalue weighted by atomic mass is 16.6. The van der Waals surface area contributed by atoms with Gasteiger partial charge in [0.1, 0.15) is 0 Å². The van der Waals surface area contributed by atoms with E-state index in [-0.39, 0.29) is 12.2 Å². The van der Waals surface area contributed by atoms with Gasteiger partial charge in [-0.05, 0) is 52.4 Å². The monoisotopic (exact) mass is 482 g/mol. The van der Waals surface area contributed by atoms with Gasteiger partial charge in [-0.1, -0.05) is 78.1 Å². The first-order chi connectivity index (χ1) is 16.4. The summed E-state index contributed by atoms with van der Waals surface area (Å²) in [6.45, 7) is 8.26. The molecule has 0 aromatic carbocycles. The maximum absolute atomic E-state index is 13.6. The van der Waals surface area contributed by atoms with Gasteiger partial charge in [-0.25, -0.2) is 9.59 Å². The van der Waals surface area contributed by atoms with Gasteiger partial charge in [-0.2, -0.15) is 0 Å². The van der Waals surface area contributed by atoms with E-state index in [2.05, 4.69) is 13.8 Å². The van der Waals surface area contributed by atoms with Crippen molar-refractivity contribution in [1.82, 2.24) is 0 Å². The molecule has 0 aromatic rings. The molecule has 0 saturated heterocycles. The van der Waals surface area contributed by atoms with Crippen molar-refractivity contribution < 1.29 is 28.5 Å². The van der Waals surface area contributed by atoms with Crippen molar-refractivity contribution >= 4 is 11.9 Å². The number of esters is 2. The molecule has 2 aliphatic carbocycles. The molecule has 0 aliphatic heterocycles. The van der Waals surface area contributed by atoms with Crippen molar-refractivity contribution in [3.05, 3.63) is 0 Å². The third kappa shape index (κ3) is 8.22. The average Bonchev–Trinajstić information content (AvgIpc) is 2.85. The van der Waals surface area contributed by atoms with Gasteiger partial charge in [0, 0.05) is 0 Å². The highest BCUT2D eigenvalue weighted by Gasteiger charge is 2.61. The average molecular weight is 483 g/mol. The normalized spacial score (nSPS) is 21.4. The maximum atomic E-state index is 13.6. The molecule has 2 atom stereocenters. The summed E-state index contributed by atoms with van der Waals surface area (Å²) < 4.78 is 24.6. The fourth-order valence-corrected chi connectivity index (χ4v) is 5.05. The molecule has 6 heteroatoms. The van der Waals surface area contributed by atoms with Crippen molar-refractivity contribution in [3.8, 4) is 0 Å². The predicted octanol–water partition coefficient (Wildman–Crippen LogP) is 6.67. The molecule has 0 spiro atoms. The van der Waals surface area contributed by atoms with Crippen LogP contribution in [0.2, 0.25) is 0 Å². The van der Waals surface area contributed by atoms with E-state index in [1.54, 1.807) is 13.8 Å². The number of hydrogen-bond donors (Lipinski definition) is 0. The van der Waals surface area contributed by atoms with Gasteiger partial charge >= 0.3 is 11.9 Å². The zero-order chi connectivity index (χ0) is 24.9. The molecule has 198 valence electrons. The van der Waals surface area contributed by atoms with E-state index in [0.717, 1.165) is 89.9 Å². The second-order valence-electron chi connectivity index (χ2n) is 10.5. The van der Waals surface area contributed by atoms with Crippen LogP contribution in [0.25, 0.3) is 0 Å². The third-order valence-corrected chi connectivity index (χ3v) is 7.56. The van der Waals surface area contributed by atoms with Gasteiger partial charge in [0.2, 0.25) is 11.2 Å². The lowest BCUT2D eigenvalue weighted by Gasteiger charge is -2.45. The van der Waals surface area contributed by atoms with Crippen LogP contribution in [0.5, 0.6) is 0 Å². The first kappa shape index (κ1) is 29.1. The van der Waals surface area contributed by atoms with Gasteiger partial charge in [0.15, 0.2) is 0 Å². The number of unbranched alkanes of at least 4 members (excludes halogenated alkanes) is 4. The summed E-state index contributed by atoms with van der Waals surface area (Å²) in [4.78, 5) is 27.3. The Morgan fingerprint density at radius 3 is 1.29 bits per heavy atom. The minimum atomic E-state index is -1.57. The van der Waals surface area contributed by atoms with Crippen LogP contribution in [0.4, 0.5) is 0 Å². The molecule has 2 rings (SSSR count). The van der Waals surface area contributed by atoms with E-state index in [1.807, 2.05) is 0 Å². The van der Waals surface area contributed by atoms with E-state index in [9.17, 15) is 9.59 Å². The van der Waals surface area contributed by atoms with Crippen molar-refractivity contribution in [1.29, 1.82) is 0 Å². The molecule has 0 aromatic heterocycles. The van der Waals surface area contributed by atoms with Gasteiger partial charge in [0.05, 0.1) is 25.4 Å². The minimum Gasteiger partial charge on any atom is -0.463 e. The fraction of sp³-hybridized carbons (Fsp3) is 0.929. The number of ether oxygens (including phenoxy) is 4. The SMILES string of the molecule is CCCCCOC(=O)C(C)(OC1CCCCC1)C(C)(OC1CCCCC1)C(=O)OCCCCC. The van der Waals surface area contributed by atoms with Gasteiger partial charge in [-0.3, -0.25) is 0 Å². The molecule has 0 N–H and O–H groups in total. The maximum Gasteiger partial charge on any atom is 0.341 e. The molecule has 2 aliphatic rings. The highest BCUT2D eigenvalue weighted by molar-refractivity contribution is 5.92. The standard InChI is InChI=1S/C28H50O6/c1-5-7-15-21-31-25(29)27(3,33-23-17-11-9-12-18-23)28(4,26(30)32-22-16-8-6-2)34-24-19-13-10-14-20-24/h23-24H,5-22H2,1-4H3. The molecular weight excluding hydrogens is 432 g/mol. The highest BCUT2D eigenvalue weighted by Crippen LogP contribution is 2.39. The largest absolute Gasteiger partial charge is 0.463 e. The zero-order valence-electron chi connectivity index (χ0n) is 22.3. The Labute approximate surface area is 207 Å². The van der Waals surface area contributed by atoms with Crippen LogP contribution in [-0.2, 0) is 28.5 Å². The molecule has 0 heterocycles. The van der Waals surface area contributed by atoms with Crippen molar-refractivity contribution in [3.63, 3.8) is 0 Å². The molecule has 0 radical (unpaired) electrons. The Kier molecular flexibility index (Phi) is 12.9. The van der Waals surface area contributed by atoms with Crippen LogP contribution < -0.4 is 0 Å². The second-order valence-corrected chi connectivity index (χ2v) is 10.5. The van der Waals surface area contributed by atoms with Gasteiger partial charge in [0.25, 0.3) is 0 Å². The summed E-state index contributed by atoms with van der Waals surface area (Å²) >= 11 is 0. The quantitative estimate of drug-likeness (QED) is 0.192. The number of hydrogen-bond acceptors (Lipinski definition) is 6. The van der Waals surface area contributed by atoms with E-state index in [1.165, 1.54) is 12.8 Å². The molecule has 34 heavy (non-hydrogen) atoms. The summed E-state index contributed by atoms with van der Waals surface area (Å²) in [5.74, 6) is -1.03. The summed E-state index contributed by atoms with van der Waals surface area (Å²) in [6.07, 6.45) is 15.6. The van der Waals surface area contributed by atoms with E-state index < -0.39 is 23.1 Å². The van der Waals surface area contributed by atoms with E-state index in [4.69, 9.17) is 18.9 Å². The van der Waals surface area contributed by atoms with Crippen molar-refractivity contribution in [2.45, 2.75) is 154 Å². The molecular formula is C28H50O6. The Morgan fingerprint density at radius 1 is 0.618 bits per heavy atom. The Hall–Kier alpha value is -1.14. The second kappa shape index (κ2) is 15.1. The Morgan fingerprint density at radius 2 is 0.971 bits per heavy atom. The summed E-state index contributed by atoms with van der Waals surface area (Å²) in [5, 5.41) is 0. The molecule has 2 fully saturated rings. The van der Waals surface area contributed by atoms with Gasteiger partial charge < -0.3 is 18.9 Å². The van der Waals surface area contributed by atoms with Crippen LogP contribution in [0.1, 0.15) is 130 Å². The third-order valence-electron chi connectivity index (χ3n) is 7.56. The number of carbonyl (C=O) groups excluding carboxylic acids is 2. The molecule has 2 unspecified atom stereocenters. The van der Waals surface area contributed by atoms with Crippen LogP contribution in [0, 0.1) is 0 Å². The topological polar surface area (TPSA) is 71.1 Å². The van der Waals surface area contributed by atoms with Crippen molar-refractivity contribution in [2.75, 3.05) is 13.2 Å². The Bertz CT molecular complexity index is 544. The molecule has 6 nitrogen and oxygen atoms in total. The minimum absolute atomic E-state index is 0.0934. The van der Waals surface area contributed by atoms with Crippen molar-refractivity contribution in [2.24, 2.45) is 0 Å². The van der Waals surface area contributed by atoms with E-state index in [0.29, 0.717) is 13.2 Å². The lowest BCUT2D eigenvalue weighted by molar-refractivity contribution is -0.250. The lowest BCUT2D eigenvalue weighted by atomic mass is 9.83. The summed E-state index contributed by atoms with van der Waals surface area (Å²) in [5.41, 5.74) is -3.14. The van der Waals surface area contributed by atoms with Gasteiger partial charge in [-0.15, -0.1) is 0 Å². The molecule has 0 amide bonds. The van der Waals surface area contributed by atoms with Crippen LogP contribution >= 0.6 is 0 Å². The van der Waals surface area contributed by atoms with Crippen LogP contribution in [0.3, 0.4) is 0 Å². The van der Waals surface area contributed by atoms with Crippen LogP contribution in [0.15, 0.2) is 0 Å². The van der Waals surface area contributed by atoms with E-state index >= 15 is 0 Å². The predicted molar refractivity (Wildman–Crippen MR) is 134 cm³/mol. The summed E-state index contributed by atoms with van der Waals surface area (Å²) in [6, 6.07) is 0. The smallest absolute Gasteiger partial charge is 0.341 e. The number of carbonyl (C=O) groups is 2. The first-order valence-corrected chi connectivity index (χ1v) is 14.1. The fourth-order valence-electron chi connectivity index (χ4n) is 5.05. The molecule has 2 saturated carbocycles. The zero-order valence-corrected chi connectivity index (χ0v) is 22.3. The Balaban J connectivity index is 2.31. The lowest BCUT2D eigenvalue weighted by Crippen LogP contribution is -2.66. The molecule has 0 bridgehead atoms.